The Morgan fingerprint density at radius 3 is 2.60 bits per heavy atom. The van der Waals surface area contributed by atoms with Gasteiger partial charge in [-0.15, -0.1) is 0 Å². The van der Waals surface area contributed by atoms with E-state index in [2.05, 4.69) is 61.2 Å². The van der Waals surface area contributed by atoms with Crippen LogP contribution >= 0.6 is 12.2 Å². The highest BCUT2D eigenvalue weighted by atomic mass is 32.1. The summed E-state index contributed by atoms with van der Waals surface area (Å²) in [4.78, 5) is 2.99. The normalized spacial score (nSPS) is 12.8. The van der Waals surface area contributed by atoms with Crippen LogP contribution in [0.15, 0.2) is 42.5 Å². The average Bonchev–Trinajstić information content (AvgIpc) is 2.46. The molecule has 2 N–H and O–H groups in total. The van der Waals surface area contributed by atoms with Crippen molar-refractivity contribution in [1.29, 1.82) is 0 Å². The lowest BCUT2D eigenvalue weighted by Crippen LogP contribution is -2.33. The fourth-order valence-electron chi connectivity index (χ4n) is 2.45. The molecule has 2 aromatic carbocycles. The Morgan fingerprint density at radius 1 is 1.20 bits per heavy atom. The van der Waals surface area contributed by atoms with Crippen molar-refractivity contribution in [1.82, 2.24) is 4.90 Å². The lowest BCUT2D eigenvalue weighted by molar-refractivity contribution is 0.265. The highest BCUT2D eigenvalue weighted by Crippen LogP contribution is 2.20. The molecule has 0 saturated heterocycles. The molecule has 2 nitrogen and oxygen atoms in total. The molecule has 0 aliphatic carbocycles. The Hall–Kier alpha value is -1.45. The molecule has 20 heavy (non-hydrogen) atoms. The first-order valence-electron chi connectivity index (χ1n) is 7.10. The number of hydrogen-bond acceptors (Lipinski definition) is 2. The van der Waals surface area contributed by atoms with Crippen molar-refractivity contribution in [2.45, 2.75) is 20.4 Å². The summed E-state index contributed by atoms with van der Waals surface area (Å²) in [5.41, 5.74) is 7.09. The van der Waals surface area contributed by atoms with Gasteiger partial charge in [0.1, 0.15) is 0 Å². The van der Waals surface area contributed by atoms with Crippen LogP contribution in [0.1, 0.15) is 19.4 Å². The third kappa shape index (κ3) is 3.56. The summed E-state index contributed by atoms with van der Waals surface area (Å²) >= 11 is 5.08. The molecule has 0 bridgehead atoms. The summed E-state index contributed by atoms with van der Waals surface area (Å²) in [6.07, 6.45) is 0. The Labute approximate surface area is 126 Å². The lowest BCUT2D eigenvalue weighted by atomic mass is 10.0. The minimum absolute atomic E-state index is 0.250. The molecule has 0 amide bonds. The Balaban J connectivity index is 2.19. The van der Waals surface area contributed by atoms with Gasteiger partial charge in [-0.2, -0.15) is 0 Å². The molecule has 1 unspecified atom stereocenters. The standard InChI is InChI=1S/C17H22N2S/c1-3-19(11-13(2)17(18)20)12-15-9-6-8-14-7-4-5-10-16(14)15/h4-10,13H,3,11-12H2,1-2H3,(H2,18,20). The topological polar surface area (TPSA) is 29.3 Å². The SMILES string of the molecule is CCN(Cc1cccc2ccccc12)CC(C)C(N)=S. The van der Waals surface area contributed by atoms with Crippen molar-refractivity contribution in [3.63, 3.8) is 0 Å². The molecule has 1 atom stereocenters. The molecule has 0 fully saturated rings. The molecule has 0 radical (unpaired) electrons. The fourth-order valence-corrected chi connectivity index (χ4v) is 2.53. The quantitative estimate of drug-likeness (QED) is 0.823. The first-order valence-corrected chi connectivity index (χ1v) is 7.51. The van der Waals surface area contributed by atoms with E-state index in [9.17, 15) is 0 Å². The van der Waals surface area contributed by atoms with Crippen molar-refractivity contribution in [2.24, 2.45) is 11.7 Å². The molecule has 0 aliphatic rings. The maximum atomic E-state index is 5.73. The molecule has 106 valence electrons. The number of fused-ring (bicyclic) bond motifs is 1. The highest BCUT2D eigenvalue weighted by Gasteiger charge is 2.12. The second-order valence-electron chi connectivity index (χ2n) is 5.27. The maximum absolute atomic E-state index is 5.73. The molecular weight excluding hydrogens is 264 g/mol. The van der Waals surface area contributed by atoms with Gasteiger partial charge in [0, 0.05) is 19.0 Å². The van der Waals surface area contributed by atoms with Gasteiger partial charge in [-0.25, -0.2) is 0 Å². The van der Waals surface area contributed by atoms with Crippen molar-refractivity contribution < 1.29 is 0 Å². The van der Waals surface area contributed by atoms with Crippen LogP contribution in [-0.2, 0) is 6.54 Å². The van der Waals surface area contributed by atoms with Crippen LogP contribution in [-0.4, -0.2) is 23.0 Å². The summed E-state index contributed by atoms with van der Waals surface area (Å²) < 4.78 is 0. The zero-order valence-electron chi connectivity index (χ0n) is 12.2. The Bertz CT molecular complexity index is 589. The van der Waals surface area contributed by atoms with Gasteiger partial charge in [0.25, 0.3) is 0 Å². The van der Waals surface area contributed by atoms with Gasteiger partial charge in [-0.05, 0) is 22.9 Å². The lowest BCUT2D eigenvalue weighted by Gasteiger charge is -2.24. The van der Waals surface area contributed by atoms with E-state index in [1.807, 2.05) is 0 Å². The summed E-state index contributed by atoms with van der Waals surface area (Å²) in [6, 6.07) is 15.0. The smallest absolute Gasteiger partial charge is 0.0768 e. The monoisotopic (exact) mass is 286 g/mol. The fraction of sp³-hybridized carbons (Fsp3) is 0.353. The number of rotatable bonds is 6. The average molecular weight is 286 g/mol. The largest absolute Gasteiger partial charge is 0.393 e. The first kappa shape index (κ1) is 14.9. The molecule has 2 aromatic rings. The number of benzene rings is 2. The third-order valence-electron chi connectivity index (χ3n) is 3.74. The minimum Gasteiger partial charge on any atom is -0.393 e. The van der Waals surface area contributed by atoms with Crippen molar-refractivity contribution in [3.8, 4) is 0 Å². The highest BCUT2D eigenvalue weighted by molar-refractivity contribution is 7.80. The first-order chi connectivity index (χ1) is 9.61. The number of nitrogens with zero attached hydrogens (tertiary/aromatic N) is 1. The molecule has 3 heteroatoms. The molecule has 0 spiro atoms. The number of thiocarbonyl (C=S) groups is 1. The van der Waals surface area contributed by atoms with Crippen molar-refractivity contribution in [3.05, 3.63) is 48.0 Å². The van der Waals surface area contributed by atoms with Crippen LogP contribution in [0.3, 0.4) is 0 Å². The minimum atomic E-state index is 0.250. The molecule has 0 aliphatic heterocycles. The van der Waals surface area contributed by atoms with Crippen LogP contribution in [0.25, 0.3) is 10.8 Å². The van der Waals surface area contributed by atoms with E-state index in [4.69, 9.17) is 18.0 Å². The van der Waals surface area contributed by atoms with E-state index >= 15 is 0 Å². The van der Waals surface area contributed by atoms with Crippen LogP contribution < -0.4 is 5.73 Å². The predicted octanol–water partition coefficient (Wildman–Crippen LogP) is 3.58. The van der Waals surface area contributed by atoms with Gasteiger partial charge in [0.05, 0.1) is 4.99 Å². The summed E-state index contributed by atoms with van der Waals surface area (Å²) in [6.45, 7) is 7.11. The van der Waals surface area contributed by atoms with Crippen molar-refractivity contribution in [2.75, 3.05) is 13.1 Å². The van der Waals surface area contributed by atoms with Crippen LogP contribution in [0, 0.1) is 5.92 Å². The maximum Gasteiger partial charge on any atom is 0.0768 e. The Kier molecular flexibility index (Phi) is 5.10. The molecule has 0 aromatic heterocycles. The van der Waals surface area contributed by atoms with E-state index in [1.54, 1.807) is 0 Å². The molecular formula is C17H22N2S. The third-order valence-corrected chi connectivity index (χ3v) is 4.14. The van der Waals surface area contributed by atoms with Crippen LogP contribution in [0.2, 0.25) is 0 Å². The molecule has 0 heterocycles. The summed E-state index contributed by atoms with van der Waals surface area (Å²) in [5.74, 6) is 0.250. The van der Waals surface area contributed by atoms with E-state index in [1.165, 1.54) is 16.3 Å². The van der Waals surface area contributed by atoms with Gasteiger partial charge >= 0.3 is 0 Å². The summed E-state index contributed by atoms with van der Waals surface area (Å²) in [5, 5.41) is 2.62. The second-order valence-corrected chi connectivity index (χ2v) is 5.74. The van der Waals surface area contributed by atoms with Crippen LogP contribution in [0.4, 0.5) is 0 Å². The Morgan fingerprint density at radius 2 is 1.90 bits per heavy atom. The van der Waals surface area contributed by atoms with E-state index < -0.39 is 0 Å². The van der Waals surface area contributed by atoms with Crippen LogP contribution in [0.5, 0.6) is 0 Å². The van der Waals surface area contributed by atoms with Crippen molar-refractivity contribution >= 4 is 28.0 Å². The van der Waals surface area contributed by atoms with E-state index in [0.29, 0.717) is 4.99 Å². The van der Waals surface area contributed by atoms with Gasteiger partial charge in [-0.1, -0.05) is 68.5 Å². The molecule has 0 saturated carbocycles. The van der Waals surface area contributed by atoms with Gasteiger partial charge < -0.3 is 5.73 Å². The van der Waals surface area contributed by atoms with Gasteiger partial charge in [0.2, 0.25) is 0 Å². The van der Waals surface area contributed by atoms with E-state index in [-0.39, 0.29) is 5.92 Å². The number of hydrogen-bond donors (Lipinski definition) is 1. The molecule has 2 rings (SSSR count). The van der Waals surface area contributed by atoms with Gasteiger partial charge in [0.15, 0.2) is 0 Å². The van der Waals surface area contributed by atoms with Gasteiger partial charge in [-0.3, -0.25) is 4.90 Å². The number of nitrogens with two attached hydrogens (primary N) is 1. The zero-order valence-corrected chi connectivity index (χ0v) is 13.0. The van der Waals surface area contributed by atoms with E-state index in [0.717, 1.165) is 19.6 Å². The second kappa shape index (κ2) is 6.82. The summed E-state index contributed by atoms with van der Waals surface area (Å²) in [7, 11) is 0. The zero-order chi connectivity index (χ0) is 14.5. The predicted molar refractivity (Wildman–Crippen MR) is 90.8 cm³/mol.